The monoisotopic (exact) mass is 404 g/mol. The normalized spacial score (nSPS) is 17.5. The van der Waals surface area contributed by atoms with Crippen LogP contribution in [0, 0.1) is 5.92 Å². The number of nitrogens with zero attached hydrogens (tertiary/aromatic N) is 3. The third kappa shape index (κ3) is 4.73. The first-order valence-electron chi connectivity index (χ1n) is 11.1. The van der Waals surface area contributed by atoms with Gasteiger partial charge in [-0.25, -0.2) is 4.98 Å². The smallest absolute Gasteiger partial charge is 0.224 e. The zero-order valence-corrected chi connectivity index (χ0v) is 18.1. The van der Waals surface area contributed by atoms with Crippen molar-refractivity contribution in [3.63, 3.8) is 0 Å². The summed E-state index contributed by atoms with van der Waals surface area (Å²) < 4.78 is 2.33. The van der Waals surface area contributed by atoms with E-state index in [1.165, 1.54) is 11.1 Å². The molecule has 0 unspecified atom stereocenters. The number of likely N-dealkylation sites (tertiary alicyclic amines) is 1. The van der Waals surface area contributed by atoms with Gasteiger partial charge in [0.15, 0.2) is 0 Å². The molecule has 0 aliphatic carbocycles. The van der Waals surface area contributed by atoms with E-state index < -0.39 is 0 Å². The standard InChI is InChI=1S/C25H32N4O/c1-19(2)29-23-13-7-6-12-22(23)27-24(29)18-28-16-8-11-21(17-28)25(30)26-15-14-20-9-4-3-5-10-20/h3-7,9-10,12-13,19,21H,8,11,14-18H2,1-2H3,(H,26,30)/t21-/m0/s1. The molecule has 1 fully saturated rings. The number of rotatable bonds is 7. The molecule has 4 rings (SSSR count). The van der Waals surface area contributed by atoms with Gasteiger partial charge in [-0.1, -0.05) is 42.5 Å². The average molecular weight is 405 g/mol. The summed E-state index contributed by atoms with van der Waals surface area (Å²) in [6.45, 7) is 7.73. The summed E-state index contributed by atoms with van der Waals surface area (Å²) in [5.41, 5.74) is 3.50. The number of fused-ring (bicyclic) bond motifs is 1. The van der Waals surface area contributed by atoms with Gasteiger partial charge in [-0.05, 0) is 57.4 Å². The SMILES string of the molecule is CC(C)n1c(CN2CCC[C@H](C(=O)NCCc3ccccc3)C2)nc2ccccc21. The molecule has 1 aliphatic heterocycles. The number of aromatic nitrogens is 2. The van der Waals surface area contributed by atoms with E-state index in [4.69, 9.17) is 4.98 Å². The first-order chi connectivity index (χ1) is 14.6. The Kier molecular flexibility index (Phi) is 6.48. The number of benzene rings is 2. The van der Waals surface area contributed by atoms with Gasteiger partial charge in [-0.2, -0.15) is 0 Å². The molecule has 1 atom stereocenters. The minimum Gasteiger partial charge on any atom is -0.355 e. The van der Waals surface area contributed by atoms with E-state index in [1.807, 2.05) is 24.3 Å². The predicted molar refractivity (Wildman–Crippen MR) is 121 cm³/mol. The van der Waals surface area contributed by atoms with Crippen LogP contribution >= 0.6 is 0 Å². The van der Waals surface area contributed by atoms with Crippen LogP contribution in [0.15, 0.2) is 54.6 Å². The number of carbonyl (C=O) groups excluding carboxylic acids is 1. The Morgan fingerprint density at radius 3 is 2.70 bits per heavy atom. The Morgan fingerprint density at radius 2 is 1.90 bits per heavy atom. The summed E-state index contributed by atoms with van der Waals surface area (Å²) in [5.74, 6) is 1.34. The molecular formula is C25H32N4O. The van der Waals surface area contributed by atoms with Crippen molar-refractivity contribution in [3.8, 4) is 0 Å². The van der Waals surface area contributed by atoms with E-state index in [0.29, 0.717) is 12.6 Å². The largest absolute Gasteiger partial charge is 0.355 e. The second-order valence-electron chi connectivity index (χ2n) is 8.58. The van der Waals surface area contributed by atoms with Crippen LogP contribution < -0.4 is 5.32 Å². The second-order valence-corrected chi connectivity index (χ2v) is 8.58. The molecule has 30 heavy (non-hydrogen) atoms. The van der Waals surface area contributed by atoms with Crippen LogP contribution in [0.1, 0.15) is 44.1 Å². The van der Waals surface area contributed by atoms with Crippen LogP contribution in [-0.2, 0) is 17.8 Å². The highest BCUT2D eigenvalue weighted by Gasteiger charge is 2.27. The van der Waals surface area contributed by atoms with Gasteiger partial charge in [0.2, 0.25) is 5.91 Å². The quantitative estimate of drug-likeness (QED) is 0.642. The van der Waals surface area contributed by atoms with Crippen LogP contribution in [0.3, 0.4) is 0 Å². The zero-order chi connectivity index (χ0) is 20.9. The highest BCUT2D eigenvalue weighted by Crippen LogP contribution is 2.24. The Labute approximate surface area is 179 Å². The van der Waals surface area contributed by atoms with E-state index in [9.17, 15) is 4.79 Å². The summed E-state index contributed by atoms with van der Waals surface area (Å²) in [5, 5.41) is 3.15. The van der Waals surface area contributed by atoms with Crippen LogP contribution in [0.25, 0.3) is 11.0 Å². The van der Waals surface area contributed by atoms with E-state index >= 15 is 0 Å². The minimum atomic E-state index is 0.0615. The lowest BCUT2D eigenvalue weighted by Gasteiger charge is -2.32. The molecule has 2 aromatic carbocycles. The first kappa shape index (κ1) is 20.6. The number of hydrogen-bond donors (Lipinski definition) is 1. The Bertz CT molecular complexity index is 979. The highest BCUT2D eigenvalue weighted by atomic mass is 16.1. The molecule has 0 radical (unpaired) electrons. The van der Waals surface area contributed by atoms with Gasteiger partial charge in [0.25, 0.3) is 0 Å². The summed E-state index contributed by atoms with van der Waals surface area (Å²) >= 11 is 0. The third-order valence-electron chi connectivity index (χ3n) is 5.98. The second kappa shape index (κ2) is 9.43. The maximum atomic E-state index is 12.7. The van der Waals surface area contributed by atoms with E-state index in [2.05, 4.69) is 59.0 Å². The fourth-order valence-electron chi connectivity index (χ4n) is 4.51. The van der Waals surface area contributed by atoms with E-state index in [1.54, 1.807) is 0 Å². The fourth-order valence-corrected chi connectivity index (χ4v) is 4.51. The lowest BCUT2D eigenvalue weighted by Crippen LogP contribution is -2.43. The summed E-state index contributed by atoms with van der Waals surface area (Å²) in [7, 11) is 0. The molecule has 3 aromatic rings. The molecular weight excluding hydrogens is 372 g/mol. The van der Waals surface area contributed by atoms with Crippen molar-refractivity contribution in [3.05, 3.63) is 66.0 Å². The maximum Gasteiger partial charge on any atom is 0.224 e. The topological polar surface area (TPSA) is 50.2 Å². The molecule has 2 heterocycles. The predicted octanol–water partition coefficient (Wildman–Crippen LogP) is 4.19. The molecule has 0 bridgehead atoms. The average Bonchev–Trinajstić information content (AvgIpc) is 3.12. The number of amides is 1. The van der Waals surface area contributed by atoms with Crippen molar-refractivity contribution < 1.29 is 4.79 Å². The van der Waals surface area contributed by atoms with Gasteiger partial charge in [-0.15, -0.1) is 0 Å². The molecule has 158 valence electrons. The Morgan fingerprint density at radius 1 is 1.13 bits per heavy atom. The number of hydrogen-bond acceptors (Lipinski definition) is 3. The zero-order valence-electron chi connectivity index (χ0n) is 18.1. The highest BCUT2D eigenvalue weighted by molar-refractivity contribution is 5.79. The first-order valence-corrected chi connectivity index (χ1v) is 11.1. The number of carbonyl (C=O) groups is 1. The molecule has 0 spiro atoms. The molecule has 5 heteroatoms. The lowest BCUT2D eigenvalue weighted by atomic mass is 9.97. The Balaban J connectivity index is 1.37. The fraction of sp³-hybridized carbons (Fsp3) is 0.440. The molecule has 5 nitrogen and oxygen atoms in total. The van der Waals surface area contributed by atoms with Gasteiger partial charge in [0.05, 0.1) is 23.5 Å². The van der Waals surface area contributed by atoms with Crippen molar-refractivity contribution in [2.45, 2.75) is 45.7 Å². The van der Waals surface area contributed by atoms with Crippen molar-refractivity contribution in [2.24, 2.45) is 5.92 Å². The molecule has 1 amide bonds. The van der Waals surface area contributed by atoms with Gasteiger partial charge in [-0.3, -0.25) is 9.69 Å². The molecule has 1 aliphatic rings. The van der Waals surface area contributed by atoms with Crippen molar-refractivity contribution in [2.75, 3.05) is 19.6 Å². The number of piperidine rings is 1. The number of nitrogens with one attached hydrogen (secondary N) is 1. The maximum absolute atomic E-state index is 12.7. The molecule has 1 aromatic heterocycles. The third-order valence-corrected chi connectivity index (χ3v) is 5.98. The van der Waals surface area contributed by atoms with Crippen LogP contribution in [-0.4, -0.2) is 40.0 Å². The van der Waals surface area contributed by atoms with Gasteiger partial charge >= 0.3 is 0 Å². The Hall–Kier alpha value is -2.66. The van der Waals surface area contributed by atoms with E-state index in [-0.39, 0.29) is 11.8 Å². The molecule has 1 saturated heterocycles. The molecule has 1 N–H and O–H groups in total. The van der Waals surface area contributed by atoms with Crippen molar-refractivity contribution in [1.29, 1.82) is 0 Å². The van der Waals surface area contributed by atoms with Crippen LogP contribution in [0.4, 0.5) is 0 Å². The molecule has 0 saturated carbocycles. The number of para-hydroxylation sites is 2. The summed E-state index contributed by atoms with van der Waals surface area (Å²) in [6, 6.07) is 19.0. The van der Waals surface area contributed by atoms with E-state index in [0.717, 1.165) is 50.2 Å². The summed E-state index contributed by atoms with van der Waals surface area (Å²) in [6.07, 6.45) is 2.90. The van der Waals surface area contributed by atoms with Crippen LogP contribution in [0.2, 0.25) is 0 Å². The number of imidazole rings is 1. The van der Waals surface area contributed by atoms with Gasteiger partial charge in [0.1, 0.15) is 5.82 Å². The minimum absolute atomic E-state index is 0.0615. The van der Waals surface area contributed by atoms with Crippen LogP contribution in [0.5, 0.6) is 0 Å². The summed E-state index contributed by atoms with van der Waals surface area (Å²) in [4.78, 5) is 20.0. The lowest BCUT2D eigenvalue weighted by molar-refractivity contribution is -0.126. The van der Waals surface area contributed by atoms with Crippen molar-refractivity contribution >= 4 is 16.9 Å². The van der Waals surface area contributed by atoms with Crippen molar-refractivity contribution in [1.82, 2.24) is 19.8 Å². The van der Waals surface area contributed by atoms with Gasteiger partial charge in [0, 0.05) is 19.1 Å². The van der Waals surface area contributed by atoms with Gasteiger partial charge < -0.3 is 9.88 Å².